The highest BCUT2D eigenvalue weighted by molar-refractivity contribution is 5.35. The molecule has 1 fully saturated rings. The lowest BCUT2D eigenvalue weighted by Gasteiger charge is -2.28. The number of benzene rings is 1. The van der Waals surface area contributed by atoms with Crippen LogP contribution < -0.4 is 9.47 Å². The third-order valence-electron chi connectivity index (χ3n) is 5.67. The molecule has 0 aromatic heterocycles. The minimum atomic E-state index is -0.941. The summed E-state index contributed by atoms with van der Waals surface area (Å²) in [6.07, 6.45) is 12.9. The second kappa shape index (κ2) is 12.2. The second-order valence-corrected chi connectivity index (χ2v) is 7.94. The monoisotopic (exact) mass is 382 g/mol. The van der Waals surface area contributed by atoms with Gasteiger partial charge in [0.2, 0.25) is 11.6 Å². The maximum atomic E-state index is 14.2. The zero-order valence-electron chi connectivity index (χ0n) is 17.1. The van der Waals surface area contributed by atoms with Gasteiger partial charge in [-0.05, 0) is 43.2 Å². The van der Waals surface area contributed by atoms with E-state index in [1.807, 2.05) is 0 Å². The Balaban J connectivity index is 1.75. The molecular formula is C23H36F2O2. The first-order valence-electron chi connectivity index (χ1n) is 10.9. The standard InChI is InChI=1S/C23H36F2O2/c1-3-5-7-9-18-10-12-19(13-11-18)17-27-21-15-14-20(22(24)23(21)25)26-16-8-6-4-2/h14-15,18-19H,3-13,16-17H2,1-2H3/t18-,19-. The molecule has 0 radical (unpaired) electrons. The highest BCUT2D eigenvalue weighted by atomic mass is 19.2. The van der Waals surface area contributed by atoms with Crippen molar-refractivity contribution in [2.24, 2.45) is 11.8 Å². The second-order valence-electron chi connectivity index (χ2n) is 7.94. The molecule has 0 amide bonds. The van der Waals surface area contributed by atoms with Gasteiger partial charge in [-0.15, -0.1) is 0 Å². The topological polar surface area (TPSA) is 18.5 Å². The summed E-state index contributed by atoms with van der Waals surface area (Å²) in [7, 11) is 0. The van der Waals surface area contributed by atoms with Crippen molar-refractivity contribution in [3.05, 3.63) is 23.8 Å². The van der Waals surface area contributed by atoms with Crippen molar-refractivity contribution in [1.82, 2.24) is 0 Å². The largest absolute Gasteiger partial charge is 0.490 e. The van der Waals surface area contributed by atoms with Crippen LogP contribution in [-0.4, -0.2) is 13.2 Å². The molecule has 154 valence electrons. The molecule has 0 heterocycles. The van der Waals surface area contributed by atoms with Gasteiger partial charge in [-0.1, -0.05) is 65.2 Å². The number of rotatable bonds is 12. The van der Waals surface area contributed by atoms with Gasteiger partial charge < -0.3 is 9.47 Å². The summed E-state index contributed by atoms with van der Waals surface area (Å²) in [6, 6.07) is 2.97. The van der Waals surface area contributed by atoms with Crippen LogP contribution in [0.15, 0.2) is 12.1 Å². The maximum absolute atomic E-state index is 14.2. The van der Waals surface area contributed by atoms with Crippen LogP contribution in [0.2, 0.25) is 0 Å². The molecule has 1 aromatic carbocycles. The molecule has 0 unspecified atom stereocenters. The van der Waals surface area contributed by atoms with Gasteiger partial charge in [0, 0.05) is 0 Å². The quantitative estimate of drug-likeness (QED) is 0.353. The molecule has 1 aliphatic rings. The predicted molar refractivity (Wildman–Crippen MR) is 106 cm³/mol. The molecule has 2 rings (SSSR count). The lowest BCUT2D eigenvalue weighted by molar-refractivity contribution is 0.172. The summed E-state index contributed by atoms with van der Waals surface area (Å²) in [5.74, 6) is -0.618. The van der Waals surface area contributed by atoms with Gasteiger partial charge >= 0.3 is 0 Å². The van der Waals surface area contributed by atoms with Gasteiger partial charge in [0.15, 0.2) is 11.5 Å². The molecule has 2 nitrogen and oxygen atoms in total. The summed E-state index contributed by atoms with van der Waals surface area (Å²) in [4.78, 5) is 0. The highest BCUT2D eigenvalue weighted by Crippen LogP contribution is 2.33. The van der Waals surface area contributed by atoms with E-state index in [1.165, 1.54) is 50.7 Å². The summed E-state index contributed by atoms with van der Waals surface area (Å²) in [5, 5.41) is 0. The van der Waals surface area contributed by atoms with E-state index in [1.54, 1.807) is 0 Å². The van der Waals surface area contributed by atoms with Crippen molar-refractivity contribution in [2.75, 3.05) is 13.2 Å². The number of halogens is 2. The first kappa shape index (κ1) is 22.0. The van der Waals surface area contributed by atoms with E-state index in [2.05, 4.69) is 13.8 Å². The first-order chi connectivity index (χ1) is 13.2. The summed E-state index contributed by atoms with van der Waals surface area (Å²) >= 11 is 0. The van der Waals surface area contributed by atoms with Gasteiger partial charge in [-0.2, -0.15) is 8.78 Å². The van der Waals surface area contributed by atoms with Gasteiger partial charge in [0.1, 0.15) is 0 Å². The minimum Gasteiger partial charge on any atom is -0.490 e. The Kier molecular flexibility index (Phi) is 9.93. The van der Waals surface area contributed by atoms with Crippen LogP contribution in [0.1, 0.15) is 84.5 Å². The van der Waals surface area contributed by atoms with Crippen molar-refractivity contribution in [1.29, 1.82) is 0 Å². The molecule has 27 heavy (non-hydrogen) atoms. The fraction of sp³-hybridized carbons (Fsp3) is 0.739. The molecule has 0 spiro atoms. The van der Waals surface area contributed by atoms with E-state index >= 15 is 0 Å². The van der Waals surface area contributed by atoms with Crippen molar-refractivity contribution in [3.8, 4) is 11.5 Å². The highest BCUT2D eigenvalue weighted by Gasteiger charge is 2.22. The zero-order valence-corrected chi connectivity index (χ0v) is 17.1. The zero-order chi connectivity index (χ0) is 19.5. The average Bonchev–Trinajstić information content (AvgIpc) is 2.69. The Bertz CT molecular complexity index is 539. The number of hydrogen-bond donors (Lipinski definition) is 0. The Morgan fingerprint density at radius 1 is 0.778 bits per heavy atom. The van der Waals surface area contributed by atoms with Gasteiger partial charge in [-0.25, -0.2) is 0 Å². The van der Waals surface area contributed by atoms with Crippen LogP contribution in [0.5, 0.6) is 11.5 Å². The van der Waals surface area contributed by atoms with Crippen molar-refractivity contribution < 1.29 is 18.3 Å². The van der Waals surface area contributed by atoms with E-state index in [9.17, 15) is 8.78 Å². The third-order valence-corrected chi connectivity index (χ3v) is 5.67. The summed E-state index contributed by atoms with van der Waals surface area (Å²) in [5.41, 5.74) is 0. The molecule has 4 heteroatoms. The number of hydrogen-bond acceptors (Lipinski definition) is 2. The van der Waals surface area contributed by atoms with Crippen LogP contribution in [0.25, 0.3) is 0 Å². The average molecular weight is 383 g/mol. The van der Waals surface area contributed by atoms with Crippen LogP contribution in [0, 0.1) is 23.5 Å². The van der Waals surface area contributed by atoms with Crippen LogP contribution in [0.3, 0.4) is 0 Å². The maximum Gasteiger partial charge on any atom is 0.204 e. The summed E-state index contributed by atoms with van der Waals surface area (Å²) < 4.78 is 39.4. The van der Waals surface area contributed by atoms with Gasteiger partial charge in [0.05, 0.1) is 13.2 Å². The normalized spacial score (nSPS) is 19.9. The molecule has 1 saturated carbocycles. The molecule has 0 N–H and O–H groups in total. The van der Waals surface area contributed by atoms with Crippen LogP contribution in [-0.2, 0) is 0 Å². The SMILES string of the molecule is CCCCCOc1ccc(OC[C@H]2CC[C@H](CCCCC)CC2)c(F)c1F. The van der Waals surface area contributed by atoms with Crippen LogP contribution >= 0.6 is 0 Å². The van der Waals surface area contributed by atoms with E-state index in [0.717, 1.165) is 38.0 Å². The van der Waals surface area contributed by atoms with E-state index in [4.69, 9.17) is 9.47 Å². The van der Waals surface area contributed by atoms with Crippen molar-refractivity contribution in [3.63, 3.8) is 0 Å². The fourth-order valence-corrected chi connectivity index (χ4v) is 3.85. The Labute approximate surface area is 163 Å². The van der Waals surface area contributed by atoms with Gasteiger partial charge in [-0.3, -0.25) is 0 Å². The first-order valence-corrected chi connectivity index (χ1v) is 10.9. The number of ether oxygens (including phenoxy) is 2. The van der Waals surface area contributed by atoms with E-state index < -0.39 is 11.6 Å². The molecule has 1 aliphatic carbocycles. The molecule has 0 aliphatic heterocycles. The van der Waals surface area contributed by atoms with Crippen molar-refractivity contribution in [2.45, 2.75) is 84.5 Å². The molecule has 1 aromatic rings. The molecule has 0 saturated heterocycles. The van der Waals surface area contributed by atoms with Gasteiger partial charge in [0.25, 0.3) is 0 Å². The van der Waals surface area contributed by atoms with Crippen molar-refractivity contribution >= 4 is 0 Å². The Morgan fingerprint density at radius 3 is 1.96 bits per heavy atom. The minimum absolute atomic E-state index is 0.00141. The third kappa shape index (κ3) is 7.31. The lowest BCUT2D eigenvalue weighted by atomic mass is 9.80. The Morgan fingerprint density at radius 2 is 1.33 bits per heavy atom. The summed E-state index contributed by atoms with van der Waals surface area (Å²) in [6.45, 7) is 5.20. The smallest absolute Gasteiger partial charge is 0.204 e. The molecule has 0 bridgehead atoms. The molecule has 0 atom stereocenters. The fourth-order valence-electron chi connectivity index (χ4n) is 3.85. The number of unbranched alkanes of at least 4 members (excludes halogenated alkanes) is 4. The van der Waals surface area contributed by atoms with E-state index in [0.29, 0.717) is 19.1 Å². The Hall–Kier alpha value is -1.32. The van der Waals surface area contributed by atoms with E-state index in [-0.39, 0.29) is 11.5 Å². The molecular weight excluding hydrogens is 346 g/mol. The predicted octanol–water partition coefficient (Wildman–Crippen LogP) is 7.30. The van der Waals surface area contributed by atoms with Crippen LogP contribution in [0.4, 0.5) is 8.78 Å². The lowest BCUT2D eigenvalue weighted by Crippen LogP contribution is -2.20.